The minimum Gasteiger partial charge on any atom is -0.494 e. The molecule has 0 fully saturated rings. The molecule has 0 spiro atoms. The number of unbranched alkanes of at least 4 members (excludes halogenated alkanes) is 4. The van der Waals surface area contributed by atoms with E-state index >= 15 is 0 Å². The minimum absolute atomic E-state index is 0.219. The Kier molecular flexibility index (Phi) is 5.99. The van der Waals surface area contributed by atoms with Crippen LogP contribution in [0.4, 0.5) is 18.9 Å². The highest BCUT2D eigenvalue weighted by Gasteiger charge is 2.33. The van der Waals surface area contributed by atoms with E-state index in [1.54, 1.807) is 0 Å². The average molecular weight is 275 g/mol. The molecule has 5 heteroatoms. The van der Waals surface area contributed by atoms with Crippen LogP contribution in [0.1, 0.15) is 44.6 Å². The third kappa shape index (κ3) is 5.41. The molecule has 0 aliphatic heterocycles. The van der Waals surface area contributed by atoms with Crippen LogP contribution in [-0.2, 0) is 6.18 Å². The van der Waals surface area contributed by atoms with Crippen LogP contribution in [0.3, 0.4) is 0 Å². The standard InChI is InChI=1S/C14H20F3NO/c1-2-3-4-5-6-9-19-11-7-8-13(18)12(10-11)14(15,16)17/h7-8,10H,2-6,9,18H2,1H3. The number of rotatable bonds is 7. The van der Waals surface area contributed by atoms with Crippen molar-refractivity contribution >= 4 is 5.69 Å². The summed E-state index contributed by atoms with van der Waals surface area (Å²) >= 11 is 0. The number of hydrogen-bond donors (Lipinski definition) is 1. The van der Waals surface area contributed by atoms with E-state index < -0.39 is 11.7 Å². The number of anilines is 1. The number of nitrogens with two attached hydrogens (primary N) is 1. The van der Waals surface area contributed by atoms with Crippen LogP contribution < -0.4 is 10.5 Å². The summed E-state index contributed by atoms with van der Waals surface area (Å²) in [6, 6.07) is 3.66. The van der Waals surface area contributed by atoms with Crippen molar-refractivity contribution in [3.05, 3.63) is 23.8 Å². The molecule has 108 valence electrons. The molecule has 0 aromatic heterocycles. The largest absolute Gasteiger partial charge is 0.494 e. The first kappa shape index (κ1) is 15.7. The van der Waals surface area contributed by atoms with Gasteiger partial charge in [0, 0.05) is 5.69 Å². The second-order valence-electron chi connectivity index (χ2n) is 4.51. The molecule has 0 amide bonds. The van der Waals surface area contributed by atoms with Crippen LogP contribution in [0.15, 0.2) is 18.2 Å². The predicted molar refractivity (Wildman–Crippen MR) is 70.1 cm³/mol. The summed E-state index contributed by atoms with van der Waals surface area (Å²) < 4.78 is 43.2. The Morgan fingerprint density at radius 3 is 2.42 bits per heavy atom. The maximum absolute atomic E-state index is 12.6. The Hall–Kier alpha value is -1.39. The summed E-state index contributed by atoms with van der Waals surface area (Å²) in [5.41, 5.74) is 4.20. The molecule has 0 radical (unpaired) electrons. The van der Waals surface area contributed by atoms with Gasteiger partial charge in [-0.2, -0.15) is 13.2 Å². The van der Waals surface area contributed by atoms with Gasteiger partial charge in [0.2, 0.25) is 0 Å². The zero-order chi connectivity index (χ0) is 14.3. The molecule has 0 bridgehead atoms. The van der Waals surface area contributed by atoms with Crippen LogP contribution in [0.5, 0.6) is 5.75 Å². The molecule has 0 saturated carbocycles. The lowest BCUT2D eigenvalue weighted by Crippen LogP contribution is -2.09. The number of ether oxygens (including phenoxy) is 1. The zero-order valence-electron chi connectivity index (χ0n) is 11.1. The lowest BCUT2D eigenvalue weighted by Gasteiger charge is -2.12. The van der Waals surface area contributed by atoms with E-state index in [-0.39, 0.29) is 11.4 Å². The zero-order valence-corrected chi connectivity index (χ0v) is 11.1. The molecule has 0 heterocycles. The van der Waals surface area contributed by atoms with E-state index in [0.29, 0.717) is 6.61 Å². The quantitative estimate of drug-likeness (QED) is 0.581. The molecule has 2 nitrogen and oxygen atoms in total. The summed E-state index contributed by atoms with van der Waals surface area (Å²) in [4.78, 5) is 0. The van der Waals surface area contributed by atoms with Crippen molar-refractivity contribution in [2.24, 2.45) is 0 Å². The fraction of sp³-hybridized carbons (Fsp3) is 0.571. The second-order valence-corrected chi connectivity index (χ2v) is 4.51. The van der Waals surface area contributed by atoms with Crippen molar-refractivity contribution < 1.29 is 17.9 Å². The normalized spacial score (nSPS) is 11.6. The lowest BCUT2D eigenvalue weighted by atomic mass is 10.1. The predicted octanol–water partition coefficient (Wildman–Crippen LogP) is 4.64. The fourth-order valence-corrected chi connectivity index (χ4v) is 1.77. The van der Waals surface area contributed by atoms with Crippen molar-refractivity contribution in [3.8, 4) is 5.75 Å². The Labute approximate surface area is 111 Å². The summed E-state index contributed by atoms with van der Waals surface area (Å²) in [6.45, 7) is 2.56. The molecule has 1 aromatic carbocycles. The first-order valence-corrected chi connectivity index (χ1v) is 6.54. The highest BCUT2D eigenvalue weighted by Crippen LogP contribution is 2.35. The van der Waals surface area contributed by atoms with Crippen molar-refractivity contribution in [2.45, 2.75) is 45.2 Å². The van der Waals surface area contributed by atoms with E-state index in [4.69, 9.17) is 10.5 Å². The number of alkyl halides is 3. The van der Waals surface area contributed by atoms with Crippen LogP contribution in [0, 0.1) is 0 Å². The fourth-order valence-electron chi connectivity index (χ4n) is 1.77. The maximum Gasteiger partial charge on any atom is 0.418 e. The number of benzene rings is 1. The highest BCUT2D eigenvalue weighted by atomic mass is 19.4. The van der Waals surface area contributed by atoms with Gasteiger partial charge in [-0.05, 0) is 24.6 Å². The van der Waals surface area contributed by atoms with Gasteiger partial charge in [-0.15, -0.1) is 0 Å². The van der Waals surface area contributed by atoms with E-state index in [2.05, 4.69) is 6.92 Å². The maximum atomic E-state index is 12.6. The van der Waals surface area contributed by atoms with Crippen molar-refractivity contribution in [3.63, 3.8) is 0 Å². The van der Waals surface area contributed by atoms with Crippen LogP contribution in [0.25, 0.3) is 0 Å². The van der Waals surface area contributed by atoms with Gasteiger partial charge < -0.3 is 10.5 Å². The molecule has 0 saturated heterocycles. The third-order valence-electron chi connectivity index (χ3n) is 2.85. The Morgan fingerprint density at radius 2 is 1.79 bits per heavy atom. The monoisotopic (exact) mass is 275 g/mol. The van der Waals surface area contributed by atoms with Gasteiger partial charge in [0.05, 0.1) is 12.2 Å². The molecule has 1 aromatic rings. The van der Waals surface area contributed by atoms with Gasteiger partial charge in [-0.3, -0.25) is 0 Å². The van der Waals surface area contributed by atoms with E-state index in [9.17, 15) is 13.2 Å². The summed E-state index contributed by atoms with van der Waals surface area (Å²) in [5, 5.41) is 0. The van der Waals surface area contributed by atoms with Crippen molar-refractivity contribution in [1.29, 1.82) is 0 Å². The molecule has 0 aliphatic rings. The summed E-state index contributed by atoms with van der Waals surface area (Å²) in [5.74, 6) is 0.219. The lowest BCUT2D eigenvalue weighted by molar-refractivity contribution is -0.137. The van der Waals surface area contributed by atoms with Gasteiger partial charge in [-0.25, -0.2) is 0 Å². The molecule has 19 heavy (non-hydrogen) atoms. The number of nitrogen functional groups attached to an aromatic ring is 1. The van der Waals surface area contributed by atoms with Crippen molar-refractivity contribution in [1.82, 2.24) is 0 Å². The van der Waals surface area contributed by atoms with E-state index in [1.807, 2.05) is 0 Å². The Bertz CT molecular complexity index is 391. The molecule has 1 rings (SSSR count). The SMILES string of the molecule is CCCCCCCOc1ccc(N)c(C(F)(F)F)c1. The van der Waals surface area contributed by atoms with Crippen molar-refractivity contribution in [2.75, 3.05) is 12.3 Å². The molecular weight excluding hydrogens is 255 g/mol. The third-order valence-corrected chi connectivity index (χ3v) is 2.85. The van der Waals surface area contributed by atoms with Crippen LogP contribution >= 0.6 is 0 Å². The van der Waals surface area contributed by atoms with Crippen LogP contribution in [0.2, 0.25) is 0 Å². The van der Waals surface area contributed by atoms with Gasteiger partial charge in [0.15, 0.2) is 0 Å². The first-order valence-electron chi connectivity index (χ1n) is 6.54. The Balaban J connectivity index is 2.47. The molecular formula is C14H20F3NO. The smallest absolute Gasteiger partial charge is 0.418 e. The second kappa shape index (κ2) is 7.26. The van der Waals surface area contributed by atoms with Gasteiger partial charge >= 0.3 is 6.18 Å². The Morgan fingerprint density at radius 1 is 1.11 bits per heavy atom. The topological polar surface area (TPSA) is 35.2 Å². The highest BCUT2D eigenvalue weighted by molar-refractivity contribution is 5.51. The molecule has 0 atom stereocenters. The molecule has 0 unspecified atom stereocenters. The number of halogens is 3. The number of hydrogen-bond acceptors (Lipinski definition) is 2. The average Bonchev–Trinajstić information content (AvgIpc) is 2.34. The minimum atomic E-state index is -4.44. The van der Waals surface area contributed by atoms with Crippen LogP contribution in [-0.4, -0.2) is 6.61 Å². The van der Waals surface area contributed by atoms with Gasteiger partial charge in [-0.1, -0.05) is 32.6 Å². The van der Waals surface area contributed by atoms with Gasteiger partial charge in [0.1, 0.15) is 5.75 Å². The summed E-state index contributed by atoms with van der Waals surface area (Å²) in [6.07, 6.45) is 0.925. The van der Waals surface area contributed by atoms with E-state index in [1.165, 1.54) is 18.6 Å². The van der Waals surface area contributed by atoms with Gasteiger partial charge in [0.25, 0.3) is 0 Å². The molecule has 2 N–H and O–H groups in total. The van der Waals surface area contributed by atoms with E-state index in [0.717, 1.165) is 31.7 Å². The first-order chi connectivity index (χ1) is 8.95. The summed E-state index contributed by atoms with van der Waals surface area (Å²) in [7, 11) is 0. The molecule has 0 aliphatic carbocycles.